The van der Waals surface area contributed by atoms with Crippen LogP contribution in [0.1, 0.15) is 12.0 Å². The molecule has 29 heavy (non-hydrogen) atoms. The molecular formula is C21H21N3O4S. The minimum atomic E-state index is -3.87. The Hall–Kier alpha value is -2.81. The van der Waals surface area contributed by atoms with Crippen molar-refractivity contribution in [2.24, 2.45) is 0 Å². The zero-order valence-electron chi connectivity index (χ0n) is 15.8. The number of fused-ring (bicyclic) bond motifs is 1. The molecular weight excluding hydrogens is 390 g/mol. The third kappa shape index (κ3) is 4.45. The first-order chi connectivity index (χ1) is 13.9. The number of hydrogen-bond acceptors (Lipinski definition) is 6. The second kappa shape index (κ2) is 7.90. The van der Waals surface area contributed by atoms with E-state index in [2.05, 4.69) is 15.6 Å². The summed E-state index contributed by atoms with van der Waals surface area (Å²) in [6.45, 7) is 2.16. The van der Waals surface area contributed by atoms with Crippen LogP contribution in [-0.2, 0) is 19.1 Å². The molecule has 150 valence electrons. The molecule has 0 bridgehead atoms. The molecule has 0 unspecified atom stereocenters. The van der Waals surface area contributed by atoms with Gasteiger partial charge in [-0.2, -0.15) is 8.42 Å². The van der Waals surface area contributed by atoms with Crippen LogP contribution in [0.5, 0.6) is 0 Å². The summed E-state index contributed by atoms with van der Waals surface area (Å²) in [7, 11) is -3.87. The van der Waals surface area contributed by atoms with Crippen molar-refractivity contribution in [1.29, 1.82) is 0 Å². The van der Waals surface area contributed by atoms with Crippen LogP contribution < -0.4 is 10.6 Å². The summed E-state index contributed by atoms with van der Waals surface area (Å²) in [6, 6.07) is 15.4. The standard InChI is InChI=1S/C21H21N3O4S/c1-14-6-8-18(9-7-14)29(26,27)28-17-11-20(23-13-17)21(25)24-16-10-15-4-2-3-5-19(15)22-12-16/h2-10,12,17,20,23H,11,13H2,1H3,(H,24,25)/t17-,20-/m0/s1. The summed E-state index contributed by atoms with van der Waals surface area (Å²) >= 11 is 0. The van der Waals surface area contributed by atoms with Crippen LogP contribution in [0.15, 0.2) is 65.7 Å². The zero-order valence-corrected chi connectivity index (χ0v) is 16.6. The van der Waals surface area contributed by atoms with Crippen LogP contribution in [0.25, 0.3) is 10.9 Å². The van der Waals surface area contributed by atoms with Crippen molar-refractivity contribution >= 4 is 32.6 Å². The summed E-state index contributed by atoms with van der Waals surface area (Å²) in [5.41, 5.74) is 2.40. The number of nitrogens with one attached hydrogen (secondary N) is 2. The number of nitrogens with zero attached hydrogens (tertiary/aromatic N) is 1. The molecule has 2 atom stereocenters. The highest BCUT2D eigenvalue weighted by atomic mass is 32.2. The van der Waals surface area contributed by atoms with Crippen LogP contribution >= 0.6 is 0 Å². The maximum Gasteiger partial charge on any atom is 0.297 e. The lowest BCUT2D eigenvalue weighted by molar-refractivity contribution is -0.117. The van der Waals surface area contributed by atoms with Crippen molar-refractivity contribution in [2.45, 2.75) is 30.4 Å². The number of carbonyl (C=O) groups excluding carboxylic acids is 1. The Morgan fingerprint density at radius 2 is 1.93 bits per heavy atom. The van der Waals surface area contributed by atoms with Gasteiger partial charge in [-0.3, -0.25) is 14.0 Å². The van der Waals surface area contributed by atoms with Crippen LogP contribution in [0.2, 0.25) is 0 Å². The normalized spacial score (nSPS) is 19.3. The molecule has 0 radical (unpaired) electrons. The van der Waals surface area contributed by atoms with Gasteiger partial charge >= 0.3 is 0 Å². The second-order valence-electron chi connectivity index (χ2n) is 7.09. The van der Waals surface area contributed by atoms with E-state index in [-0.39, 0.29) is 23.8 Å². The highest BCUT2D eigenvalue weighted by Crippen LogP contribution is 2.21. The first-order valence-electron chi connectivity index (χ1n) is 9.30. The van der Waals surface area contributed by atoms with E-state index in [1.165, 1.54) is 12.1 Å². The van der Waals surface area contributed by atoms with Crippen LogP contribution in [0.4, 0.5) is 5.69 Å². The number of aryl methyl sites for hydroxylation is 1. The Morgan fingerprint density at radius 3 is 2.72 bits per heavy atom. The number of rotatable bonds is 5. The van der Waals surface area contributed by atoms with Gasteiger partial charge in [-0.05, 0) is 31.2 Å². The summed E-state index contributed by atoms with van der Waals surface area (Å²) in [5, 5.41) is 6.78. The van der Waals surface area contributed by atoms with Crippen molar-refractivity contribution in [3.8, 4) is 0 Å². The van der Waals surface area contributed by atoms with E-state index in [0.29, 0.717) is 5.69 Å². The lowest BCUT2D eigenvalue weighted by Gasteiger charge is -2.13. The fraction of sp³-hybridized carbons (Fsp3) is 0.238. The van der Waals surface area contributed by atoms with Gasteiger partial charge in [0.2, 0.25) is 5.91 Å². The molecule has 0 spiro atoms. The molecule has 1 aliphatic rings. The third-order valence-corrected chi connectivity index (χ3v) is 6.21. The molecule has 1 aliphatic heterocycles. The number of aromatic nitrogens is 1. The van der Waals surface area contributed by atoms with Gasteiger partial charge in [0.15, 0.2) is 0 Å². The van der Waals surface area contributed by atoms with Gasteiger partial charge in [0, 0.05) is 18.4 Å². The van der Waals surface area contributed by atoms with E-state index in [1.807, 2.05) is 37.3 Å². The quantitative estimate of drug-likeness (QED) is 0.627. The van der Waals surface area contributed by atoms with E-state index in [4.69, 9.17) is 4.18 Å². The van der Waals surface area contributed by atoms with Crippen molar-refractivity contribution in [3.05, 3.63) is 66.4 Å². The molecule has 1 saturated heterocycles. The largest absolute Gasteiger partial charge is 0.323 e. The predicted octanol–water partition coefficient (Wildman–Crippen LogP) is 2.62. The molecule has 1 amide bonds. The minimum absolute atomic E-state index is 0.109. The topological polar surface area (TPSA) is 97.4 Å². The number of hydrogen-bond donors (Lipinski definition) is 2. The molecule has 3 aromatic rings. The van der Waals surface area contributed by atoms with Gasteiger partial charge in [-0.25, -0.2) is 0 Å². The molecule has 1 fully saturated rings. The number of anilines is 1. The fourth-order valence-corrected chi connectivity index (χ4v) is 4.37. The SMILES string of the molecule is Cc1ccc(S(=O)(=O)O[C@@H]2CN[C@H](C(=O)Nc3cnc4ccccc4c3)C2)cc1. The van der Waals surface area contributed by atoms with Gasteiger partial charge in [0.25, 0.3) is 10.1 Å². The first kappa shape index (κ1) is 19.5. The zero-order chi connectivity index (χ0) is 20.4. The van der Waals surface area contributed by atoms with Gasteiger partial charge in [0.1, 0.15) is 0 Å². The van der Waals surface area contributed by atoms with E-state index in [1.54, 1.807) is 18.3 Å². The molecule has 0 saturated carbocycles. The smallest absolute Gasteiger partial charge is 0.297 e. The summed E-state index contributed by atoms with van der Waals surface area (Å²) in [4.78, 5) is 17.0. The molecule has 0 aliphatic carbocycles. The van der Waals surface area contributed by atoms with E-state index < -0.39 is 22.3 Å². The summed E-state index contributed by atoms with van der Waals surface area (Å²) in [6.07, 6.45) is 1.26. The predicted molar refractivity (Wildman–Crippen MR) is 110 cm³/mol. The number of para-hydroxylation sites is 1. The molecule has 2 aromatic carbocycles. The molecule has 2 heterocycles. The number of amides is 1. The lowest BCUT2D eigenvalue weighted by Crippen LogP contribution is -2.35. The molecule has 4 rings (SSSR count). The van der Waals surface area contributed by atoms with Gasteiger partial charge in [-0.1, -0.05) is 35.9 Å². The minimum Gasteiger partial charge on any atom is -0.323 e. The lowest BCUT2D eigenvalue weighted by atomic mass is 10.2. The maximum atomic E-state index is 12.6. The maximum absolute atomic E-state index is 12.6. The Kier molecular flexibility index (Phi) is 5.31. The van der Waals surface area contributed by atoms with Crippen molar-refractivity contribution in [2.75, 3.05) is 11.9 Å². The van der Waals surface area contributed by atoms with E-state index >= 15 is 0 Å². The van der Waals surface area contributed by atoms with Crippen molar-refractivity contribution in [1.82, 2.24) is 10.3 Å². The van der Waals surface area contributed by atoms with Gasteiger partial charge < -0.3 is 10.6 Å². The summed E-state index contributed by atoms with van der Waals surface area (Å²) < 4.78 is 30.2. The highest BCUT2D eigenvalue weighted by Gasteiger charge is 2.33. The van der Waals surface area contributed by atoms with E-state index in [9.17, 15) is 13.2 Å². The monoisotopic (exact) mass is 411 g/mol. The third-order valence-electron chi connectivity index (χ3n) is 4.84. The fourth-order valence-electron chi connectivity index (χ4n) is 3.28. The highest BCUT2D eigenvalue weighted by molar-refractivity contribution is 7.86. The molecule has 8 heteroatoms. The second-order valence-corrected chi connectivity index (χ2v) is 8.66. The molecule has 7 nitrogen and oxygen atoms in total. The molecule has 1 aromatic heterocycles. The van der Waals surface area contributed by atoms with Crippen LogP contribution in [0, 0.1) is 6.92 Å². The van der Waals surface area contributed by atoms with Gasteiger partial charge in [-0.15, -0.1) is 0 Å². The Morgan fingerprint density at radius 1 is 1.17 bits per heavy atom. The average Bonchev–Trinajstić information content (AvgIpc) is 3.16. The first-order valence-corrected chi connectivity index (χ1v) is 10.7. The molecule has 2 N–H and O–H groups in total. The number of pyridine rings is 1. The Balaban J connectivity index is 1.38. The van der Waals surface area contributed by atoms with Crippen molar-refractivity contribution in [3.63, 3.8) is 0 Å². The van der Waals surface area contributed by atoms with Gasteiger partial charge in [0.05, 0.1) is 34.4 Å². The Bertz CT molecular complexity index is 1150. The number of carbonyl (C=O) groups is 1. The van der Waals surface area contributed by atoms with Crippen molar-refractivity contribution < 1.29 is 17.4 Å². The van der Waals surface area contributed by atoms with Crippen LogP contribution in [0.3, 0.4) is 0 Å². The average molecular weight is 411 g/mol. The summed E-state index contributed by atoms with van der Waals surface area (Å²) in [5.74, 6) is -0.249. The Labute approximate surface area is 169 Å². The van der Waals surface area contributed by atoms with E-state index in [0.717, 1.165) is 16.5 Å². The number of benzene rings is 2. The van der Waals surface area contributed by atoms with Crippen LogP contribution in [-0.4, -0.2) is 38.0 Å².